The highest BCUT2D eigenvalue weighted by Gasteiger charge is 2.03. The van der Waals surface area contributed by atoms with Crippen molar-refractivity contribution in [2.45, 2.75) is 13.5 Å². The van der Waals surface area contributed by atoms with Crippen molar-refractivity contribution in [2.75, 3.05) is 13.2 Å². The van der Waals surface area contributed by atoms with Gasteiger partial charge in [0.15, 0.2) is 11.6 Å². The third-order valence-electron chi connectivity index (χ3n) is 2.69. The van der Waals surface area contributed by atoms with Gasteiger partial charge in [-0.2, -0.15) is 0 Å². The molecule has 2 aromatic rings. The van der Waals surface area contributed by atoms with E-state index in [1.165, 1.54) is 16.5 Å². The van der Waals surface area contributed by atoms with E-state index in [1.807, 2.05) is 0 Å². The van der Waals surface area contributed by atoms with E-state index in [0.29, 0.717) is 18.9 Å². The van der Waals surface area contributed by atoms with Crippen LogP contribution >= 0.6 is 11.3 Å². The molecule has 0 unspecified atom stereocenters. The summed E-state index contributed by atoms with van der Waals surface area (Å²) in [6, 6.07) is 5.62. The fourth-order valence-electron chi connectivity index (χ4n) is 1.59. The zero-order valence-corrected chi connectivity index (χ0v) is 11.4. The highest BCUT2D eigenvalue weighted by atomic mass is 32.1. The zero-order valence-electron chi connectivity index (χ0n) is 10.6. The average Bonchev–Trinajstić information content (AvgIpc) is 2.79. The van der Waals surface area contributed by atoms with Crippen LogP contribution in [0, 0.1) is 18.6 Å². The van der Waals surface area contributed by atoms with Crippen LogP contribution in [0.4, 0.5) is 8.78 Å². The molecule has 1 N–H and O–H groups in total. The third-order valence-corrected chi connectivity index (χ3v) is 3.72. The molecule has 0 saturated carbocycles. The largest absolute Gasteiger partial charge is 0.492 e. The quantitative estimate of drug-likeness (QED) is 0.819. The monoisotopic (exact) mass is 283 g/mol. The van der Waals surface area contributed by atoms with Gasteiger partial charge in [-0.05, 0) is 36.1 Å². The number of hydrogen-bond donors (Lipinski definition) is 1. The molecule has 0 spiro atoms. The van der Waals surface area contributed by atoms with Gasteiger partial charge in [0.1, 0.15) is 12.4 Å². The molecule has 0 atom stereocenters. The Balaban J connectivity index is 1.69. The number of nitrogens with one attached hydrogen (secondary N) is 1. The summed E-state index contributed by atoms with van der Waals surface area (Å²) in [7, 11) is 0. The maximum atomic E-state index is 12.9. The first kappa shape index (κ1) is 14.0. The molecule has 0 aliphatic rings. The molecule has 5 heteroatoms. The molecule has 0 aliphatic heterocycles. The lowest BCUT2D eigenvalue weighted by atomic mass is 10.3. The van der Waals surface area contributed by atoms with E-state index >= 15 is 0 Å². The van der Waals surface area contributed by atoms with Gasteiger partial charge >= 0.3 is 0 Å². The first-order chi connectivity index (χ1) is 9.16. The second-order valence-corrected chi connectivity index (χ2v) is 5.13. The summed E-state index contributed by atoms with van der Waals surface area (Å²) in [6.07, 6.45) is 0. The molecule has 19 heavy (non-hydrogen) atoms. The smallest absolute Gasteiger partial charge is 0.162 e. The van der Waals surface area contributed by atoms with Crippen LogP contribution in [-0.4, -0.2) is 13.2 Å². The predicted octanol–water partition coefficient (Wildman–Crippen LogP) is 3.50. The molecule has 2 rings (SSSR count). The lowest BCUT2D eigenvalue weighted by Crippen LogP contribution is -2.20. The fraction of sp³-hybridized carbons (Fsp3) is 0.286. The number of thiophene rings is 1. The minimum atomic E-state index is -0.889. The molecule has 0 fully saturated rings. The van der Waals surface area contributed by atoms with E-state index in [1.54, 1.807) is 11.3 Å². The molecule has 0 radical (unpaired) electrons. The Bertz CT molecular complexity index is 542. The molecule has 1 heterocycles. The summed E-state index contributed by atoms with van der Waals surface area (Å²) >= 11 is 1.71. The molecule has 0 aliphatic carbocycles. The minimum Gasteiger partial charge on any atom is -0.492 e. The lowest BCUT2D eigenvalue weighted by Gasteiger charge is -2.07. The first-order valence-electron chi connectivity index (χ1n) is 5.98. The number of aryl methyl sites for hydroxylation is 1. The second-order valence-electron chi connectivity index (χ2n) is 4.13. The van der Waals surface area contributed by atoms with Gasteiger partial charge in [-0.25, -0.2) is 8.78 Å². The van der Waals surface area contributed by atoms with Gasteiger partial charge < -0.3 is 10.1 Å². The SMILES string of the molecule is Cc1ccsc1CNCCOc1ccc(F)c(F)c1. The molecular formula is C14H15F2NOS. The third kappa shape index (κ3) is 4.01. The molecule has 1 aromatic heterocycles. The van der Waals surface area contributed by atoms with E-state index in [9.17, 15) is 8.78 Å². The summed E-state index contributed by atoms with van der Waals surface area (Å²) < 4.78 is 30.9. The van der Waals surface area contributed by atoms with Crippen molar-refractivity contribution < 1.29 is 13.5 Å². The summed E-state index contributed by atoms with van der Waals surface area (Å²) in [5.74, 6) is -1.41. The van der Waals surface area contributed by atoms with Crippen molar-refractivity contribution in [3.05, 3.63) is 51.7 Å². The van der Waals surface area contributed by atoms with E-state index in [4.69, 9.17) is 4.74 Å². The van der Waals surface area contributed by atoms with Crippen molar-refractivity contribution >= 4 is 11.3 Å². The van der Waals surface area contributed by atoms with Crippen molar-refractivity contribution in [3.63, 3.8) is 0 Å². The van der Waals surface area contributed by atoms with E-state index < -0.39 is 11.6 Å². The molecule has 0 saturated heterocycles. The summed E-state index contributed by atoms with van der Waals surface area (Å²) in [6.45, 7) is 3.93. The van der Waals surface area contributed by atoms with Crippen LogP contribution in [0.1, 0.15) is 10.4 Å². The van der Waals surface area contributed by atoms with Crippen LogP contribution in [0.2, 0.25) is 0 Å². The number of hydrogen-bond acceptors (Lipinski definition) is 3. The molecular weight excluding hydrogens is 268 g/mol. The van der Waals surface area contributed by atoms with E-state index in [2.05, 4.69) is 23.7 Å². The molecule has 102 valence electrons. The number of halogens is 2. The van der Waals surface area contributed by atoms with Gasteiger partial charge in [-0.15, -0.1) is 11.3 Å². The van der Waals surface area contributed by atoms with Crippen molar-refractivity contribution in [2.24, 2.45) is 0 Å². The first-order valence-corrected chi connectivity index (χ1v) is 6.86. The standard InChI is InChI=1S/C14H15F2NOS/c1-10-4-7-19-14(10)9-17-5-6-18-11-2-3-12(15)13(16)8-11/h2-4,7-8,17H,5-6,9H2,1H3. The maximum absolute atomic E-state index is 12.9. The topological polar surface area (TPSA) is 21.3 Å². The van der Waals surface area contributed by atoms with Crippen LogP contribution in [-0.2, 0) is 6.54 Å². The van der Waals surface area contributed by atoms with Crippen molar-refractivity contribution in [3.8, 4) is 5.75 Å². The van der Waals surface area contributed by atoms with E-state index in [0.717, 1.165) is 18.7 Å². The van der Waals surface area contributed by atoms with E-state index in [-0.39, 0.29) is 0 Å². The number of rotatable bonds is 6. The normalized spacial score (nSPS) is 10.7. The highest BCUT2D eigenvalue weighted by Crippen LogP contribution is 2.16. The molecule has 0 amide bonds. The molecule has 0 bridgehead atoms. The van der Waals surface area contributed by atoms with Gasteiger partial charge in [-0.1, -0.05) is 0 Å². The van der Waals surface area contributed by atoms with Crippen LogP contribution < -0.4 is 10.1 Å². The fourth-order valence-corrected chi connectivity index (χ4v) is 2.47. The number of ether oxygens (including phenoxy) is 1. The predicted molar refractivity (Wildman–Crippen MR) is 72.6 cm³/mol. The van der Waals surface area contributed by atoms with Gasteiger partial charge in [0.2, 0.25) is 0 Å². The van der Waals surface area contributed by atoms with Crippen LogP contribution in [0.5, 0.6) is 5.75 Å². The van der Waals surface area contributed by atoms with Crippen LogP contribution in [0.15, 0.2) is 29.6 Å². The minimum absolute atomic E-state index is 0.341. The summed E-state index contributed by atoms with van der Waals surface area (Å²) in [5, 5.41) is 5.30. The Kier molecular flexibility index (Phi) is 4.87. The van der Waals surface area contributed by atoms with Crippen molar-refractivity contribution in [1.82, 2.24) is 5.32 Å². The Morgan fingerprint density at radius 2 is 2.05 bits per heavy atom. The summed E-state index contributed by atoms with van der Waals surface area (Å²) in [5.41, 5.74) is 1.28. The molecule has 2 nitrogen and oxygen atoms in total. The summed E-state index contributed by atoms with van der Waals surface area (Å²) in [4.78, 5) is 1.30. The van der Waals surface area contributed by atoms with Gasteiger partial charge in [0.25, 0.3) is 0 Å². The second kappa shape index (κ2) is 6.63. The Morgan fingerprint density at radius 1 is 1.21 bits per heavy atom. The Morgan fingerprint density at radius 3 is 2.74 bits per heavy atom. The Hall–Kier alpha value is -1.46. The molecule has 1 aromatic carbocycles. The Labute approximate surface area is 115 Å². The highest BCUT2D eigenvalue weighted by molar-refractivity contribution is 7.10. The maximum Gasteiger partial charge on any atom is 0.162 e. The van der Waals surface area contributed by atoms with Gasteiger partial charge in [0, 0.05) is 24.0 Å². The number of benzene rings is 1. The van der Waals surface area contributed by atoms with Crippen molar-refractivity contribution in [1.29, 1.82) is 0 Å². The van der Waals surface area contributed by atoms with Crippen LogP contribution in [0.25, 0.3) is 0 Å². The van der Waals surface area contributed by atoms with Crippen LogP contribution in [0.3, 0.4) is 0 Å². The zero-order chi connectivity index (χ0) is 13.7. The van der Waals surface area contributed by atoms with Gasteiger partial charge in [0.05, 0.1) is 0 Å². The lowest BCUT2D eigenvalue weighted by molar-refractivity contribution is 0.311. The van der Waals surface area contributed by atoms with Gasteiger partial charge in [-0.3, -0.25) is 0 Å². The average molecular weight is 283 g/mol.